The fraction of sp³-hybridized carbons (Fsp3) is 0.625. The Labute approximate surface area is 129 Å². The van der Waals surface area contributed by atoms with Gasteiger partial charge in [0.1, 0.15) is 6.10 Å². The highest BCUT2D eigenvalue weighted by atomic mass is 32.1. The normalized spacial score (nSPS) is 18.1. The summed E-state index contributed by atoms with van der Waals surface area (Å²) >= 11 is 1.59. The van der Waals surface area contributed by atoms with Crippen LogP contribution in [0.15, 0.2) is 17.8 Å². The fourth-order valence-electron chi connectivity index (χ4n) is 3.25. The van der Waals surface area contributed by atoms with Crippen molar-refractivity contribution in [2.75, 3.05) is 6.61 Å². The van der Waals surface area contributed by atoms with E-state index >= 15 is 0 Å². The van der Waals surface area contributed by atoms with Crippen molar-refractivity contribution in [1.29, 1.82) is 0 Å². The van der Waals surface area contributed by atoms with Crippen LogP contribution in [0.4, 0.5) is 0 Å². The monoisotopic (exact) mass is 306 g/mol. The maximum absolute atomic E-state index is 12.6. The number of aromatic nitrogens is 2. The van der Waals surface area contributed by atoms with Crippen LogP contribution in [-0.2, 0) is 16.0 Å². The molecule has 0 N–H and O–H groups in total. The van der Waals surface area contributed by atoms with Crippen LogP contribution in [0.3, 0.4) is 0 Å². The Morgan fingerprint density at radius 1 is 1.48 bits per heavy atom. The highest BCUT2D eigenvalue weighted by Crippen LogP contribution is 2.29. The fourth-order valence-corrected chi connectivity index (χ4v) is 3.97. The van der Waals surface area contributed by atoms with Gasteiger partial charge in [-0.2, -0.15) is 0 Å². The molecule has 1 unspecified atom stereocenters. The SMILES string of the molecule is CCOC(C(=O)Cc1cn2ccsc2n1)C1CCCCC1. The van der Waals surface area contributed by atoms with Crippen LogP contribution in [0, 0.1) is 5.92 Å². The molecule has 0 radical (unpaired) electrons. The van der Waals surface area contributed by atoms with Crippen molar-refractivity contribution in [3.63, 3.8) is 0 Å². The summed E-state index contributed by atoms with van der Waals surface area (Å²) in [5.41, 5.74) is 0.854. The maximum Gasteiger partial charge on any atom is 0.193 e. The number of imidazole rings is 1. The first kappa shape index (κ1) is 14.7. The third kappa shape index (κ3) is 3.35. The lowest BCUT2D eigenvalue weighted by Gasteiger charge is -2.28. The Kier molecular flexibility index (Phi) is 4.70. The van der Waals surface area contributed by atoms with Crippen molar-refractivity contribution < 1.29 is 9.53 Å². The summed E-state index contributed by atoms with van der Waals surface area (Å²) < 4.78 is 7.77. The first-order valence-electron chi connectivity index (χ1n) is 7.83. The van der Waals surface area contributed by atoms with Gasteiger partial charge in [0.2, 0.25) is 0 Å². The largest absolute Gasteiger partial charge is 0.370 e. The summed E-state index contributed by atoms with van der Waals surface area (Å²) in [5.74, 6) is 0.587. The first-order chi connectivity index (χ1) is 10.3. The van der Waals surface area contributed by atoms with E-state index in [-0.39, 0.29) is 11.9 Å². The van der Waals surface area contributed by atoms with Crippen LogP contribution < -0.4 is 0 Å². The molecule has 1 saturated carbocycles. The lowest BCUT2D eigenvalue weighted by molar-refractivity contribution is -0.134. The highest BCUT2D eigenvalue weighted by molar-refractivity contribution is 7.15. The van der Waals surface area contributed by atoms with Gasteiger partial charge in [0.05, 0.1) is 12.1 Å². The second-order valence-electron chi connectivity index (χ2n) is 5.74. The number of hydrogen-bond donors (Lipinski definition) is 0. The van der Waals surface area contributed by atoms with Gasteiger partial charge in [-0.3, -0.25) is 9.20 Å². The van der Waals surface area contributed by atoms with E-state index in [4.69, 9.17) is 4.74 Å². The van der Waals surface area contributed by atoms with Gasteiger partial charge in [0.25, 0.3) is 0 Å². The van der Waals surface area contributed by atoms with Gasteiger partial charge in [-0.05, 0) is 25.7 Å². The lowest BCUT2D eigenvalue weighted by Crippen LogP contribution is -2.35. The van der Waals surface area contributed by atoms with Gasteiger partial charge in [0, 0.05) is 24.4 Å². The van der Waals surface area contributed by atoms with E-state index in [0.717, 1.165) is 23.5 Å². The predicted molar refractivity (Wildman–Crippen MR) is 83.8 cm³/mol. The molecule has 0 bridgehead atoms. The van der Waals surface area contributed by atoms with Crippen LogP contribution in [-0.4, -0.2) is 27.9 Å². The van der Waals surface area contributed by atoms with Crippen LogP contribution in [0.1, 0.15) is 44.7 Å². The molecular weight excluding hydrogens is 284 g/mol. The van der Waals surface area contributed by atoms with Crippen molar-refractivity contribution in [3.05, 3.63) is 23.5 Å². The van der Waals surface area contributed by atoms with Crippen LogP contribution in [0.2, 0.25) is 0 Å². The minimum absolute atomic E-state index is 0.189. The average molecular weight is 306 g/mol. The van der Waals surface area contributed by atoms with Gasteiger partial charge in [-0.15, -0.1) is 11.3 Å². The van der Waals surface area contributed by atoms with Crippen molar-refractivity contribution in [2.45, 2.75) is 51.6 Å². The third-order valence-electron chi connectivity index (χ3n) is 4.24. The summed E-state index contributed by atoms with van der Waals surface area (Å²) in [5, 5.41) is 2.00. The minimum Gasteiger partial charge on any atom is -0.370 e. The Morgan fingerprint density at radius 3 is 3.00 bits per heavy atom. The molecule has 2 heterocycles. The van der Waals surface area contributed by atoms with E-state index < -0.39 is 0 Å². The van der Waals surface area contributed by atoms with E-state index in [1.165, 1.54) is 19.3 Å². The van der Waals surface area contributed by atoms with Gasteiger partial charge < -0.3 is 4.74 Å². The molecule has 114 valence electrons. The predicted octanol–water partition coefficient (Wildman–Crippen LogP) is 3.49. The number of thiazole rings is 1. The number of ether oxygens (including phenoxy) is 1. The number of carbonyl (C=O) groups is 1. The van der Waals surface area contributed by atoms with Gasteiger partial charge in [-0.25, -0.2) is 4.98 Å². The Balaban J connectivity index is 1.69. The second-order valence-corrected chi connectivity index (χ2v) is 6.62. The van der Waals surface area contributed by atoms with Crippen molar-refractivity contribution in [2.24, 2.45) is 5.92 Å². The van der Waals surface area contributed by atoms with Crippen LogP contribution in [0.5, 0.6) is 0 Å². The zero-order valence-electron chi connectivity index (χ0n) is 12.5. The zero-order valence-corrected chi connectivity index (χ0v) is 13.3. The summed E-state index contributed by atoms with van der Waals surface area (Å²) in [6.07, 6.45) is 10.0. The number of fused-ring (bicyclic) bond motifs is 1. The third-order valence-corrected chi connectivity index (χ3v) is 5.01. The molecule has 0 saturated heterocycles. The molecule has 0 aromatic carbocycles. The molecule has 0 aliphatic heterocycles. The molecular formula is C16H22N2O2S. The molecule has 1 fully saturated rings. The lowest BCUT2D eigenvalue weighted by atomic mass is 9.83. The van der Waals surface area contributed by atoms with E-state index in [9.17, 15) is 4.79 Å². The molecule has 21 heavy (non-hydrogen) atoms. The van der Waals surface area contributed by atoms with Gasteiger partial charge in [0.15, 0.2) is 10.7 Å². The van der Waals surface area contributed by atoms with Crippen molar-refractivity contribution in [3.8, 4) is 0 Å². The van der Waals surface area contributed by atoms with E-state index in [1.54, 1.807) is 11.3 Å². The Hall–Kier alpha value is -1.20. The standard InChI is InChI=1S/C16H22N2O2S/c1-2-20-15(12-6-4-3-5-7-12)14(19)10-13-11-18-8-9-21-16(18)17-13/h8-9,11-12,15H,2-7,10H2,1H3. The minimum atomic E-state index is -0.241. The number of Topliss-reactive ketones (excluding diaryl/α,β-unsaturated/α-hetero) is 1. The van der Waals surface area contributed by atoms with Crippen LogP contribution in [0.25, 0.3) is 4.96 Å². The summed E-state index contributed by atoms with van der Waals surface area (Å²) in [6.45, 7) is 2.57. The van der Waals surface area contributed by atoms with E-state index in [1.807, 2.05) is 29.1 Å². The summed E-state index contributed by atoms with van der Waals surface area (Å²) in [4.78, 5) is 18.1. The number of carbonyl (C=O) groups excluding carboxylic acids is 1. The molecule has 4 nitrogen and oxygen atoms in total. The Bertz CT molecular complexity index is 570. The molecule has 0 spiro atoms. The molecule has 2 aromatic heterocycles. The highest BCUT2D eigenvalue weighted by Gasteiger charge is 2.30. The van der Waals surface area contributed by atoms with E-state index in [0.29, 0.717) is 18.9 Å². The smallest absolute Gasteiger partial charge is 0.193 e. The molecule has 5 heteroatoms. The van der Waals surface area contributed by atoms with Crippen LogP contribution >= 0.6 is 11.3 Å². The van der Waals surface area contributed by atoms with Crippen molar-refractivity contribution >= 4 is 22.1 Å². The van der Waals surface area contributed by atoms with Crippen molar-refractivity contribution in [1.82, 2.24) is 9.38 Å². The molecule has 1 aliphatic rings. The summed E-state index contributed by atoms with van der Waals surface area (Å²) in [6, 6.07) is 0. The maximum atomic E-state index is 12.6. The number of ketones is 1. The molecule has 3 rings (SSSR count). The Morgan fingerprint density at radius 2 is 2.29 bits per heavy atom. The molecule has 0 amide bonds. The van der Waals surface area contributed by atoms with E-state index in [2.05, 4.69) is 4.98 Å². The zero-order chi connectivity index (χ0) is 14.7. The number of nitrogens with zero attached hydrogens (tertiary/aromatic N) is 2. The second kappa shape index (κ2) is 6.71. The molecule has 1 aliphatic carbocycles. The molecule has 2 aromatic rings. The first-order valence-corrected chi connectivity index (χ1v) is 8.71. The molecule has 1 atom stereocenters. The van der Waals surface area contributed by atoms with Gasteiger partial charge in [-0.1, -0.05) is 19.3 Å². The number of hydrogen-bond acceptors (Lipinski definition) is 4. The number of rotatable bonds is 6. The quantitative estimate of drug-likeness (QED) is 0.820. The topological polar surface area (TPSA) is 43.6 Å². The summed E-state index contributed by atoms with van der Waals surface area (Å²) in [7, 11) is 0. The average Bonchev–Trinajstić information content (AvgIpc) is 3.06. The van der Waals surface area contributed by atoms with Gasteiger partial charge >= 0.3 is 0 Å².